The number of benzene rings is 1. The monoisotopic (exact) mass is 292 g/mol. The number of hydrogen-bond donors (Lipinski definition) is 0. The Bertz CT molecular complexity index is 373. The zero-order valence-corrected chi connectivity index (χ0v) is 14.3. The molecule has 1 aromatic carbocycles. The van der Waals surface area contributed by atoms with Gasteiger partial charge in [0.05, 0.1) is 6.61 Å². The second-order valence-corrected chi connectivity index (χ2v) is 5.35. The Labute approximate surface area is 130 Å². The molecular formula is C18H32N2O. The van der Waals surface area contributed by atoms with E-state index in [0.717, 1.165) is 31.7 Å². The minimum atomic E-state index is 0.819. The van der Waals surface area contributed by atoms with E-state index < -0.39 is 0 Å². The second kappa shape index (κ2) is 10.6. The quantitative estimate of drug-likeness (QED) is 0.748. The van der Waals surface area contributed by atoms with Gasteiger partial charge >= 0.3 is 0 Å². The molecular weight excluding hydrogens is 260 g/mol. The molecule has 0 N–H and O–H groups in total. The van der Waals surface area contributed by atoms with Crippen molar-refractivity contribution < 1.29 is 4.74 Å². The number of likely N-dealkylation sites (N-methyl/N-ethyl adjacent to an activating group) is 1. The van der Waals surface area contributed by atoms with Crippen molar-refractivity contribution in [3.05, 3.63) is 29.8 Å². The summed E-state index contributed by atoms with van der Waals surface area (Å²) in [5.74, 6) is 1.01. The average Bonchev–Trinajstić information content (AvgIpc) is 2.55. The smallest absolute Gasteiger partial charge is 0.119 e. The maximum Gasteiger partial charge on any atom is 0.119 e. The van der Waals surface area contributed by atoms with Crippen LogP contribution < -0.4 is 4.74 Å². The molecule has 0 saturated carbocycles. The molecule has 0 amide bonds. The fraction of sp³-hybridized carbons (Fsp3) is 0.667. The lowest BCUT2D eigenvalue weighted by atomic mass is 10.2. The third kappa shape index (κ3) is 6.96. The number of ether oxygens (including phenoxy) is 1. The highest BCUT2D eigenvalue weighted by molar-refractivity contribution is 5.28. The molecule has 0 radical (unpaired) electrons. The van der Waals surface area contributed by atoms with Crippen LogP contribution in [-0.4, -0.2) is 56.2 Å². The number of piperazine rings is 1. The first-order valence-corrected chi connectivity index (χ1v) is 8.40. The van der Waals surface area contributed by atoms with Crippen molar-refractivity contribution in [1.82, 2.24) is 9.80 Å². The van der Waals surface area contributed by atoms with E-state index >= 15 is 0 Å². The molecule has 0 spiro atoms. The number of nitrogens with zero attached hydrogens (tertiary/aromatic N) is 2. The highest BCUT2D eigenvalue weighted by atomic mass is 16.5. The lowest BCUT2D eigenvalue weighted by Crippen LogP contribution is -2.44. The summed E-state index contributed by atoms with van der Waals surface area (Å²) in [7, 11) is 2.20. The standard InChI is InChI=1S/C16H26N2O.C2H6/c1-3-15-6-4-7-16(14-15)19-13-5-8-18-11-9-17(2)10-12-18;1-2/h4,6-7,14H,3,5,8-13H2,1-2H3;1-2H3. The molecule has 21 heavy (non-hydrogen) atoms. The normalized spacial score (nSPS) is 16.2. The fourth-order valence-electron chi connectivity index (χ4n) is 2.40. The first kappa shape index (κ1) is 18.0. The maximum atomic E-state index is 5.82. The van der Waals surface area contributed by atoms with Crippen LogP contribution in [0.25, 0.3) is 0 Å². The third-order valence-electron chi connectivity index (χ3n) is 3.79. The van der Waals surface area contributed by atoms with Crippen LogP contribution in [0.2, 0.25) is 0 Å². The van der Waals surface area contributed by atoms with Gasteiger partial charge in [-0.15, -0.1) is 0 Å². The Hall–Kier alpha value is -1.06. The topological polar surface area (TPSA) is 15.7 Å². The van der Waals surface area contributed by atoms with E-state index in [-0.39, 0.29) is 0 Å². The Balaban J connectivity index is 0.00000106. The van der Waals surface area contributed by atoms with Crippen molar-refractivity contribution in [3.8, 4) is 5.75 Å². The molecule has 0 unspecified atom stereocenters. The third-order valence-corrected chi connectivity index (χ3v) is 3.79. The van der Waals surface area contributed by atoms with Gasteiger partial charge in [-0.05, 0) is 37.6 Å². The second-order valence-electron chi connectivity index (χ2n) is 5.35. The van der Waals surface area contributed by atoms with Crippen LogP contribution in [0, 0.1) is 0 Å². The van der Waals surface area contributed by atoms with Crippen molar-refractivity contribution in [2.24, 2.45) is 0 Å². The highest BCUT2D eigenvalue weighted by Gasteiger charge is 2.12. The van der Waals surface area contributed by atoms with Gasteiger partial charge in [0.2, 0.25) is 0 Å². The summed E-state index contributed by atoms with van der Waals surface area (Å²) in [5.41, 5.74) is 1.34. The van der Waals surface area contributed by atoms with Crippen LogP contribution in [0.15, 0.2) is 24.3 Å². The molecule has 1 fully saturated rings. The molecule has 1 saturated heterocycles. The van der Waals surface area contributed by atoms with Gasteiger partial charge in [-0.1, -0.05) is 32.9 Å². The number of aryl methyl sites for hydroxylation is 1. The predicted octanol–water partition coefficient (Wildman–Crippen LogP) is 3.29. The zero-order chi connectivity index (χ0) is 15.5. The van der Waals surface area contributed by atoms with Crippen molar-refractivity contribution in [2.45, 2.75) is 33.6 Å². The van der Waals surface area contributed by atoms with E-state index in [1.165, 1.54) is 31.7 Å². The van der Waals surface area contributed by atoms with Gasteiger partial charge in [0.25, 0.3) is 0 Å². The van der Waals surface area contributed by atoms with E-state index in [1.807, 2.05) is 13.8 Å². The zero-order valence-electron chi connectivity index (χ0n) is 14.3. The Morgan fingerprint density at radius 2 is 1.81 bits per heavy atom. The van der Waals surface area contributed by atoms with Gasteiger partial charge in [0.1, 0.15) is 5.75 Å². The first-order chi connectivity index (χ1) is 10.3. The lowest BCUT2D eigenvalue weighted by Gasteiger charge is -2.32. The number of rotatable bonds is 6. The van der Waals surface area contributed by atoms with E-state index in [2.05, 4.69) is 48.0 Å². The summed E-state index contributed by atoms with van der Waals surface area (Å²) in [6, 6.07) is 8.43. The minimum Gasteiger partial charge on any atom is -0.494 e. The molecule has 0 aliphatic carbocycles. The van der Waals surface area contributed by atoms with Gasteiger partial charge in [0.15, 0.2) is 0 Å². The Kier molecular flexibility index (Phi) is 9.11. The molecule has 1 aliphatic rings. The molecule has 0 atom stereocenters. The van der Waals surface area contributed by atoms with Gasteiger partial charge < -0.3 is 14.5 Å². The van der Waals surface area contributed by atoms with Crippen LogP contribution >= 0.6 is 0 Å². The van der Waals surface area contributed by atoms with E-state index in [9.17, 15) is 0 Å². The van der Waals surface area contributed by atoms with Crippen LogP contribution in [0.1, 0.15) is 32.8 Å². The Morgan fingerprint density at radius 1 is 1.10 bits per heavy atom. The van der Waals surface area contributed by atoms with Crippen molar-refractivity contribution in [3.63, 3.8) is 0 Å². The molecule has 3 heteroatoms. The summed E-state index contributed by atoms with van der Waals surface area (Å²) in [4.78, 5) is 4.93. The van der Waals surface area contributed by atoms with Crippen molar-refractivity contribution >= 4 is 0 Å². The van der Waals surface area contributed by atoms with E-state index in [1.54, 1.807) is 0 Å². The van der Waals surface area contributed by atoms with Crippen molar-refractivity contribution in [1.29, 1.82) is 0 Å². The molecule has 2 rings (SSSR count). The van der Waals surface area contributed by atoms with Crippen LogP contribution in [0.5, 0.6) is 5.75 Å². The summed E-state index contributed by atoms with van der Waals surface area (Å²) in [5, 5.41) is 0. The minimum absolute atomic E-state index is 0.819. The van der Waals surface area contributed by atoms with Gasteiger partial charge in [0, 0.05) is 32.7 Å². The van der Waals surface area contributed by atoms with Crippen LogP contribution in [0.3, 0.4) is 0 Å². The molecule has 3 nitrogen and oxygen atoms in total. The molecule has 1 aromatic rings. The maximum absolute atomic E-state index is 5.82. The summed E-state index contributed by atoms with van der Waals surface area (Å²) >= 11 is 0. The Morgan fingerprint density at radius 3 is 2.48 bits per heavy atom. The largest absolute Gasteiger partial charge is 0.494 e. The van der Waals surface area contributed by atoms with Gasteiger partial charge in [-0.25, -0.2) is 0 Å². The van der Waals surface area contributed by atoms with Crippen molar-refractivity contribution in [2.75, 3.05) is 46.4 Å². The molecule has 0 aromatic heterocycles. The highest BCUT2D eigenvalue weighted by Crippen LogP contribution is 2.14. The van der Waals surface area contributed by atoms with Crippen LogP contribution in [-0.2, 0) is 6.42 Å². The summed E-state index contributed by atoms with van der Waals surface area (Å²) < 4.78 is 5.82. The SMILES string of the molecule is CC.CCc1cccc(OCCCN2CCN(C)CC2)c1. The summed E-state index contributed by atoms with van der Waals surface area (Å²) in [6.45, 7) is 12.9. The van der Waals surface area contributed by atoms with Gasteiger partial charge in [-0.3, -0.25) is 0 Å². The number of hydrogen-bond acceptors (Lipinski definition) is 3. The van der Waals surface area contributed by atoms with E-state index in [4.69, 9.17) is 4.74 Å². The van der Waals surface area contributed by atoms with E-state index in [0.29, 0.717) is 0 Å². The first-order valence-electron chi connectivity index (χ1n) is 8.40. The molecule has 120 valence electrons. The predicted molar refractivity (Wildman–Crippen MR) is 91.2 cm³/mol. The molecule has 0 bridgehead atoms. The van der Waals surface area contributed by atoms with Crippen LogP contribution in [0.4, 0.5) is 0 Å². The molecule has 1 aliphatic heterocycles. The lowest BCUT2D eigenvalue weighted by molar-refractivity contribution is 0.145. The average molecular weight is 292 g/mol. The van der Waals surface area contributed by atoms with Gasteiger partial charge in [-0.2, -0.15) is 0 Å². The fourth-order valence-corrected chi connectivity index (χ4v) is 2.40. The summed E-state index contributed by atoms with van der Waals surface area (Å²) in [6.07, 6.45) is 2.18. The molecule has 1 heterocycles.